The van der Waals surface area contributed by atoms with Gasteiger partial charge >= 0.3 is 0 Å². The quantitative estimate of drug-likeness (QED) is 0.858. The SMILES string of the molecule is Cc1cccc(NS(=O)(=O)c2ccc(Br)cc2Cl)c1C. The van der Waals surface area contributed by atoms with E-state index in [1.807, 2.05) is 26.0 Å². The second-order valence-electron chi connectivity index (χ2n) is 4.43. The average Bonchev–Trinajstić information content (AvgIpc) is 2.34. The van der Waals surface area contributed by atoms with Gasteiger partial charge in [-0.3, -0.25) is 4.72 Å². The van der Waals surface area contributed by atoms with Crippen molar-refractivity contribution in [1.82, 2.24) is 0 Å². The molecule has 6 heteroatoms. The molecular formula is C14H13BrClNO2S. The van der Waals surface area contributed by atoms with Gasteiger partial charge in [-0.05, 0) is 49.2 Å². The van der Waals surface area contributed by atoms with Crippen LogP contribution in [0.15, 0.2) is 45.8 Å². The molecule has 3 nitrogen and oxygen atoms in total. The third-order valence-corrected chi connectivity index (χ3v) is 5.37. The van der Waals surface area contributed by atoms with Crippen LogP contribution >= 0.6 is 27.5 Å². The Hall–Kier alpha value is -1.04. The van der Waals surface area contributed by atoms with E-state index < -0.39 is 10.0 Å². The first-order chi connectivity index (χ1) is 9.31. The average molecular weight is 375 g/mol. The van der Waals surface area contributed by atoms with E-state index in [0.717, 1.165) is 15.6 Å². The molecule has 2 aromatic carbocycles. The van der Waals surface area contributed by atoms with Gasteiger partial charge in [-0.1, -0.05) is 39.7 Å². The van der Waals surface area contributed by atoms with Gasteiger partial charge in [0.1, 0.15) is 4.90 Å². The lowest BCUT2D eigenvalue weighted by Crippen LogP contribution is -2.14. The van der Waals surface area contributed by atoms with Gasteiger partial charge in [0.2, 0.25) is 0 Å². The van der Waals surface area contributed by atoms with E-state index in [1.54, 1.807) is 18.2 Å². The zero-order chi connectivity index (χ0) is 14.9. The summed E-state index contributed by atoms with van der Waals surface area (Å²) in [5.74, 6) is 0. The summed E-state index contributed by atoms with van der Waals surface area (Å²) in [5.41, 5.74) is 2.47. The maximum atomic E-state index is 12.4. The fraction of sp³-hybridized carbons (Fsp3) is 0.143. The van der Waals surface area contributed by atoms with Crippen molar-refractivity contribution in [3.63, 3.8) is 0 Å². The fourth-order valence-electron chi connectivity index (χ4n) is 1.75. The molecule has 0 aliphatic carbocycles. The van der Waals surface area contributed by atoms with Crippen molar-refractivity contribution < 1.29 is 8.42 Å². The van der Waals surface area contributed by atoms with Crippen LogP contribution in [0.2, 0.25) is 5.02 Å². The van der Waals surface area contributed by atoms with Crippen molar-refractivity contribution in [2.45, 2.75) is 18.7 Å². The van der Waals surface area contributed by atoms with Crippen LogP contribution in [0, 0.1) is 13.8 Å². The standard InChI is InChI=1S/C14H13BrClNO2S/c1-9-4-3-5-13(10(9)2)17-20(18,19)14-7-6-11(15)8-12(14)16/h3-8,17H,1-2H3. The van der Waals surface area contributed by atoms with Crippen LogP contribution in [-0.4, -0.2) is 8.42 Å². The molecule has 0 fully saturated rings. The van der Waals surface area contributed by atoms with Crippen LogP contribution in [0.5, 0.6) is 0 Å². The van der Waals surface area contributed by atoms with Gasteiger partial charge in [-0.25, -0.2) is 8.42 Å². The van der Waals surface area contributed by atoms with Crippen molar-refractivity contribution in [1.29, 1.82) is 0 Å². The van der Waals surface area contributed by atoms with E-state index in [9.17, 15) is 8.42 Å². The lowest BCUT2D eigenvalue weighted by atomic mass is 10.1. The molecule has 2 rings (SSSR count). The Labute approximate surface area is 132 Å². The van der Waals surface area contributed by atoms with Gasteiger partial charge in [0.05, 0.1) is 10.7 Å². The minimum absolute atomic E-state index is 0.0586. The molecule has 0 bridgehead atoms. The highest BCUT2D eigenvalue weighted by molar-refractivity contribution is 9.10. The van der Waals surface area contributed by atoms with E-state index in [-0.39, 0.29) is 9.92 Å². The molecule has 0 aliphatic heterocycles. The van der Waals surface area contributed by atoms with Crippen LogP contribution < -0.4 is 4.72 Å². The molecule has 2 aromatic rings. The first kappa shape index (κ1) is 15.4. The topological polar surface area (TPSA) is 46.2 Å². The summed E-state index contributed by atoms with van der Waals surface area (Å²) >= 11 is 9.25. The molecule has 0 saturated carbocycles. The minimum Gasteiger partial charge on any atom is -0.279 e. The van der Waals surface area contributed by atoms with E-state index in [1.165, 1.54) is 6.07 Å². The second kappa shape index (κ2) is 5.76. The molecule has 0 heterocycles. The first-order valence-electron chi connectivity index (χ1n) is 5.85. The molecule has 0 amide bonds. The zero-order valence-corrected chi connectivity index (χ0v) is 14.1. The Morgan fingerprint density at radius 2 is 1.85 bits per heavy atom. The summed E-state index contributed by atoms with van der Waals surface area (Å²) in [4.78, 5) is 0.0586. The summed E-state index contributed by atoms with van der Waals surface area (Å²) in [5, 5.41) is 0.178. The molecule has 0 radical (unpaired) electrons. The summed E-state index contributed by atoms with van der Waals surface area (Å²) < 4.78 is 28.1. The van der Waals surface area contributed by atoms with Crippen LogP contribution in [-0.2, 0) is 10.0 Å². The lowest BCUT2D eigenvalue weighted by Gasteiger charge is -2.13. The number of aryl methyl sites for hydroxylation is 1. The number of halogens is 2. The largest absolute Gasteiger partial charge is 0.279 e. The number of benzene rings is 2. The maximum absolute atomic E-state index is 12.4. The maximum Gasteiger partial charge on any atom is 0.263 e. The highest BCUT2D eigenvalue weighted by Gasteiger charge is 2.19. The molecule has 0 saturated heterocycles. The third-order valence-electron chi connectivity index (χ3n) is 3.03. The molecule has 0 aliphatic rings. The number of rotatable bonds is 3. The Kier molecular flexibility index (Phi) is 4.42. The molecule has 20 heavy (non-hydrogen) atoms. The minimum atomic E-state index is -3.70. The van der Waals surface area contributed by atoms with Crippen molar-refractivity contribution in [2.24, 2.45) is 0 Å². The first-order valence-corrected chi connectivity index (χ1v) is 8.51. The zero-order valence-electron chi connectivity index (χ0n) is 10.9. The molecule has 0 spiro atoms. The number of nitrogens with one attached hydrogen (secondary N) is 1. The summed E-state index contributed by atoms with van der Waals surface area (Å²) in [6, 6.07) is 10.1. The van der Waals surface area contributed by atoms with Gasteiger partial charge in [-0.15, -0.1) is 0 Å². The second-order valence-corrected chi connectivity index (χ2v) is 7.40. The van der Waals surface area contributed by atoms with Gasteiger partial charge in [0.25, 0.3) is 10.0 Å². The van der Waals surface area contributed by atoms with Crippen molar-refractivity contribution in [2.75, 3.05) is 4.72 Å². The number of sulfonamides is 1. The molecule has 106 valence electrons. The molecule has 1 N–H and O–H groups in total. The van der Waals surface area contributed by atoms with Gasteiger partial charge < -0.3 is 0 Å². The van der Waals surface area contributed by atoms with E-state index in [0.29, 0.717) is 5.69 Å². The fourth-order valence-corrected chi connectivity index (χ4v) is 3.92. The van der Waals surface area contributed by atoms with Crippen molar-refractivity contribution >= 4 is 43.2 Å². The van der Waals surface area contributed by atoms with Crippen molar-refractivity contribution in [3.05, 3.63) is 57.0 Å². The number of anilines is 1. The molecule has 0 unspecified atom stereocenters. The Morgan fingerprint density at radius 3 is 2.50 bits per heavy atom. The summed E-state index contributed by atoms with van der Waals surface area (Å²) in [6.07, 6.45) is 0. The highest BCUT2D eigenvalue weighted by Crippen LogP contribution is 2.28. The third kappa shape index (κ3) is 3.16. The number of hydrogen-bond donors (Lipinski definition) is 1. The normalized spacial score (nSPS) is 11.4. The van der Waals surface area contributed by atoms with E-state index in [4.69, 9.17) is 11.6 Å². The molecule has 0 aromatic heterocycles. The van der Waals surface area contributed by atoms with Crippen LogP contribution in [0.1, 0.15) is 11.1 Å². The predicted molar refractivity (Wildman–Crippen MR) is 85.9 cm³/mol. The summed E-state index contributed by atoms with van der Waals surface area (Å²) in [7, 11) is -3.70. The van der Waals surface area contributed by atoms with E-state index in [2.05, 4.69) is 20.7 Å². The monoisotopic (exact) mass is 373 g/mol. The molecule has 0 atom stereocenters. The smallest absolute Gasteiger partial charge is 0.263 e. The predicted octanol–water partition coefficient (Wildman–Crippen LogP) is 4.52. The van der Waals surface area contributed by atoms with Gasteiger partial charge in [-0.2, -0.15) is 0 Å². The number of hydrogen-bond acceptors (Lipinski definition) is 2. The molecular weight excluding hydrogens is 362 g/mol. The van der Waals surface area contributed by atoms with Crippen LogP contribution in [0.3, 0.4) is 0 Å². The van der Waals surface area contributed by atoms with E-state index >= 15 is 0 Å². The van der Waals surface area contributed by atoms with Crippen LogP contribution in [0.25, 0.3) is 0 Å². The Balaban J connectivity index is 2.44. The van der Waals surface area contributed by atoms with Gasteiger partial charge in [0, 0.05) is 4.47 Å². The Morgan fingerprint density at radius 1 is 1.15 bits per heavy atom. The Bertz CT molecular complexity index is 760. The highest BCUT2D eigenvalue weighted by atomic mass is 79.9. The lowest BCUT2D eigenvalue weighted by molar-refractivity contribution is 0.601. The van der Waals surface area contributed by atoms with Crippen molar-refractivity contribution in [3.8, 4) is 0 Å². The summed E-state index contributed by atoms with van der Waals surface area (Å²) in [6.45, 7) is 3.80. The van der Waals surface area contributed by atoms with Crippen LogP contribution in [0.4, 0.5) is 5.69 Å². The van der Waals surface area contributed by atoms with Gasteiger partial charge in [0.15, 0.2) is 0 Å².